The van der Waals surface area contributed by atoms with E-state index in [0.717, 1.165) is 0 Å². The molecule has 158 valence electrons. The van der Waals surface area contributed by atoms with Crippen molar-refractivity contribution in [3.05, 3.63) is 23.0 Å². The number of aromatic amines is 1. The second-order valence-electron chi connectivity index (χ2n) is 6.41. The lowest BCUT2D eigenvalue weighted by molar-refractivity contribution is -0.183. The van der Waals surface area contributed by atoms with Gasteiger partial charge in [0.15, 0.2) is 5.65 Å². The summed E-state index contributed by atoms with van der Waals surface area (Å²) in [5, 5.41) is 12.8. The molecule has 2 aromatic heterocycles. The third-order valence-electron chi connectivity index (χ3n) is 4.50. The molecular weight excluding hydrogens is 420 g/mol. The van der Waals surface area contributed by atoms with Crippen molar-refractivity contribution in [3.63, 3.8) is 0 Å². The third-order valence-corrected chi connectivity index (χ3v) is 4.50. The number of piperazine rings is 1. The Morgan fingerprint density at radius 2 is 1.93 bits per heavy atom. The molecule has 0 aliphatic carbocycles. The van der Waals surface area contributed by atoms with E-state index in [1.54, 1.807) is 19.9 Å². The number of rotatable bonds is 4. The first kappa shape index (κ1) is 24.4. The van der Waals surface area contributed by atoms with Crippen LogP contribution in [0.15, 0.2) is 6.07 Å². The Morgan fingerprint density at radius 3 is 2.54 bits per heavy atom. The number of hydrogen-bond donors (Lipinski definition) is 3. The summed E-state index contributed by atoms with van der Waals surface area (Å²) in [6.07, 6.45) is -4.42. The molecule has 3 heterocycles. The summed E-state index contributed by atoms with van der Waals surface area (Å²) in [6, 6.07) is -0.148. The van der Waals surface area contributed by atoms with Gasteiger partial charge in [-0.1, -0.05) is 0 Å². The molecule has 0 radical (unpaired) electrons. The molecule has 1 amide bonds. The van der Waals surface area contributed by atoms with Gasteiger partial charge in [-0.15, -0.1) is 24.8 Å². The van der Waals surface area contributed by atoms with Crippen LogP contribution in [0.4, 0.5) is 13.2 Å². The highest BCUT2D eigenvalue weighted by Crippen LogP contribution is 2.25. The second-order valence-corrected chi connectivity index (χ2v) is 6.41. The van der Waals surface area contributed by atoms with E-state index in [1.165, 1.54) is 4.90 Å². The molecule has 1 fully saturated rings. The molecule has 0 saturated carbocycles. The monoisotopic (exact) mass is 442 g/mol. The maximum absolute atomic E-state index is 13.5. The smallest absolute Gasteiger partial charge is 0.350 e. The summed E-state index contributed by atoms with van der Waals surface area (Å²) in [5.74, 6) is -0.561. The Morgan fingerprint density at radius 1 is 1.29 bits per heavy atom. The lowest BCUT2D eigenvalue weighted by Crippen LogP contribution is -2.57. The Hall–Kier alpha value is -1.62. The van der Waals surface area contributed by atoms with Crippen LogP contribution in [0.3, 0.4) is 0 Å². The number of alkyl halides is 3. The average Bonchev–Trinajstić information content (AvgIpc) is 2.94. The number of carbonyl (C=O) groups excluding carboxylic acids is 1. The van der Waals surface area contributed by atoms with E-state index in [0.29, 0.717) is 48.6 Å². The summed E-state index contributed by atoms with van der Waals surface area (Å²) in [6.45, 7) is 4.53. The number of carbonyl (C=O) groups is 1. The van der Waals surface area contributed by atoms with E-state index in [9.17, 15) is 18.0 Å². The number of aromatic nitrogens is 3. The van der Waals surface area contributed by atoms with E-state index >= 15 is 0 Å². The van der Waals surface area contributed by atoms with Gasteiger partial charge >= 0.3 is 6.18 Å². The number of halogens is 5. The van der Waals surface area contributed by atoms with Gasteiger partial charge in [-0.05, 0) is 19.9 Å². The lowest BCUT2D eigenvalue weighted by Gasteiger charge is -2.35. The highest BCUT2D eigenvalue weighted by molar-refractivity contribution is 6.06. The first-order valence-electron chi connectivity index (χ1n) is 8.39. The first-order chi connectivity index (χ1) is 12.3. The molecule has 3 N–H and O–H groups in total. The predicted octanol–water partition coefficient (Wildman–Crippen LogP) is 1.98. The van der Waals surface area contributed by atoms with Crippen molar-refractivity contribution < 1.29 is 18.0 Å². The minimum atomic E-state index is -4.42. The zero-order chi connectivity index (χ0) is 18.9. The van der Waals surface area contributed by atoms with Crippen molar-refractivity contribution >= 4 is 41.8 Å². The normalized spacial score (nSPS) is 16.2. The van der Waals surface area contributed by atoms with Crippen LogP contribution in [-0.2, 0) is 0 Å². The Bertz CT molecular complexity index is 808. The molecule has 1 saturated heterocycles. The van der Waals surface area contributed by atoms with Gasteiger partial charge in [0, 0.05) is 44.1 Å². The number of nitrogens with one attached hydrogen (secondary N) is 3. The van der Waals surface area contributed by atoms with E-state index in [2.05, 4.69) is 25.8 Å². The van der Waals surface area contributed by atoms with Crippen LogP contribution in [0.5, 0.6) is 0 Å². The van der Waals surface area contributed by atoms with Gasteiger partial charge in [0.05, 0.1) is 10.9 Å². The van der Waals surface area contributed by atoms with Crippen LogP contribution in [0.1, 0.15) is 21.7 Å². The number of fused-ring (bicyclic) bond motifs is 1. The molecule has 1 aliphatic rings. The van der Waals surface area contributed by atoms with Crippen molar-refractivity contribution in [2.75, 3.05) is 32.7 Å². The van der Waals surface area contributed by atoms with Crippen LogP contribution in [0.25, 0.3) is 11.0 Å². The quantitative estimate of drug-likeness (QED) is 0.673. The fourth-order valence-electron chi connectivity index (χ4n) is 3.21. The molecule has 12 heteroatoms. The summed E-state index contributed by atoms with van der Waals surface area (Å²) in [4.78, 5) is 18.2. The van der Waals surface area contributed by atoms with Gasteiger partial charge in [0.1, 0.15) is 6.04 Å². The lowest BCUT2D eigenvalue weighted by atomic mass is 10.1. The standard InChI is InChI=1S/C16H21F3N6O.2ClH/c1-9-7-11(13-10(2)23-24-14(13)22-9)15(26)21-8-12(16(17,18)19)25-5-3-20-4-6-25;;/h7,12,20H,3-6,8H2,1-2H3,(H,21,26)(H,22,23,24);2*1H. The first-order valence-corrected chi connectivity index (χ1v) is 8.39. The molecular formula is C16H23Cl2F3N6O. The largest absolute Gasteiger partial charge is 0.405 e. The molecule has 28 heavy (non-hydrogen) atoms. The van der Waals surface area contributed by atoms with E-state index < -0.39 is 24.7 Å². The minimum Gasteiger partial charge on any atom is -0.350 e. The predicted molar refractivity (Wildman–Crippen MR) is 104 cm³/mol. The summed E-state index contributed by atoms with van der Waals surface area (Å²) >= 11 is 0. The average molecular weight is 443 g/mol. The van der Waals surface area contributed by atoms with Crippen LogP contribution in [0.2, 0.25) is 0 Å². The zero-order valence-electron chi connectivity index (χ0n) is 15.4. The minimum absolute atomic E-state index is 0. The van der Waals surface area contributed by atoms with E-state index in [-0.39, 0.29) is 30.4 Å². The van der Waals surface area contributed by atoms with Gasteiger partial charge in [0.25, 0.3) is 5.91 Å². The summed E-state index contributed by atoms with van der Waals surface area (Å²) in [5.41, 5.74) is 1.87. The number of nitrogens with zero attached hydrogens (tertiary/aromatic N) is 3. The van der Waals surface area contributed by atoms with Crippen molar-refractivity contribution in [1.82, 2.24) is 30.7 Å². The summed E-state index contributed by atoms with van der Waals surface area (Å²) in [7, 11) is 0. The molecule has 7 nitrogen and oxygen atoms in total. The van der Waals surface area contributed by atoms with Crippen molar-refractivity contribution in [1.29, 1.82) is 0 Å². The molecule has 0 spiro atoms. The summed E-state index contributed by atoms with van der Waals surface area (Å²) < 4.78 is 40.4. The fraction of sp³-hybridized carbons (Fsp3) is 0.562. The highest BCUT2D eigenvalue weighted by Gasteiger charge is 2.43. The Balaban J connectivity index is 0.00000196. The Labute approximate surface area is 172 Å². The van der Waals surface area contributed by atoms with Gasteiger partial charge in [0.2, 0.25) is 0 Å². The SMILES string of the molecule is Cc1cc(C(=O)NCC(N2CCNCC2)C(F)(F)F)c2c(C)[nH]nc2n1.Cl.Cl. The number of hydrogen-bond acceptors (Lipinski definition) is 5. The van der Waals surface area contributed by atoms with Crippen LogP contribution < -0.4 is 10.6 Å². The maximum atomic E-state index is 13.5. The van der Waals surface area contributed by atoms with E-state index in [1.807, 2.05) is 0 Å². The molecule has 0 bridgehead atoms. The second kappa shape index (κ2) is 9.73. The van der Waals surface area contributed by atoms with E-state index in [4.69, 9.17) is 0 Å². The van der Waals surface area contributed by atoms with Gasteiger partial charge < -0.3 is 10.6 Å². The van der Waals surface area contributed by atoms with Crippen LogP contribution in [0, 0.1) is 13.8 Å². The van der Waals surface area contributed by atoms with Crippen molar-refractivity contribution in [2.24, 2.45) is 0 Å². The van der Waals surface area contributed by atoms with Crippen molar-refractivity contribution in [3.8, 4) is 0 Å². The maximum Gasteiger partial charge on any atom is 0.405 e. The molecule has 2 aromatic rings. The van der Waals surface area contributed by atoms with Gasteiger partial charge in [-0.25, -0.2) is 4.98 Å². The number of aryl methyl sites for hydroxylation is 2. The molecule has 1 atom stereocenters. The zero-order valence-corrected chi connectivity index (χ0v) is 17.0. The fourth-order valence-corrected chi connectivity index (χ4v) is 3.21. The molecule has 0 aromatic carbocycles. The third kappa shape index (κ3) is 5.25. The molecule has 1 unspecified atom stereocenters. The number of pyridine rings is 1. The van der Waals surface area contributed by atoms with Gasteiger partial charge in [-0.2, -0.15) is 18.3 Å². The van der Waals surface area contributed by atoms with Crippen LogP contribution in [-0.4, -0.2) is 70.9 Å². The van der Waals surface area contributed by atoms with Crippen molar-refractivity contribution in [2.45, 2.75) is 26.1 Å². The van der Waals surface area contributed by atoms with Gasteiger partial charge in [-0.3, -0.25) is 14.8 Å². The van der Waals surface area contributed by atoms with Crippen LogP contribution >= 0.6 is 24.8 Å². The Kier molecular flexibility index (Phi) is 8.48. The number of amides is 1. The topological polar surface area (TPSA) is 85.9 Å². The number of H-pyrrole nitrogens is 1. The molecule has 1 aliphatic heterocycles. The highest BCUT2D eigenvalue weighted by atomic mass is 35.5. The molecule has 3 rings (SSSR count).